The van der Waals surface area contributed by atoms with Crippen LogP contribution in [0.4, 0.5) is 5.69 Å². The molecule has 1 N–H and O–H groups in total. The maximum Gasteiger partial charge on any atom is 0.339 e. The largest absolute Gasteiger partial charge is 0.495 e. The maximum atomic E-state index is 12.7. The number of esters is 1. The van der Waals surface area contributed by atoms with Gasteiger partial charge in [-0.1, -0.05) is 29.8 Å². The van der Waals surface area contributed by atoms with Crippen molar-refractivity contribution in [3.05, 3.63) is 58.6 Å². The Hall–Kier alpha value is -2.53. The Kier molecular flexibility index (Phi) is 4.20. The van der Waals surface area contributed by atoms with Crippen molar-refractivity contribution in [2.24, 2.45) is 0 Å². The van der Waals surface area contributed by atoms with Crippen LogP contribution in [0, 0.1) is 0 Å². The lowest BCUT2D eigenvalue weighted by atomic mass is 9.89. The molecule has 1 amide bonds. The van der Waals surface area contributed by atoms with Crippen LogP contribution >= 0.6 is 11.6 Å². The minimum atomic E-state index is -1.31. The third-order valence-corrected chi connectivity index (χ3v) is 4.21. The molecule has 3 rings (SSSR count). The third-order valence-electron chi connectivity index (χ3n) is 3.97. The molecule has 2 aromatic carbocycles. The Bertz CT molecular complexity index is 820. The van der Waals surface area contributed by atoms with Crippen LogP contribution in [0.2, 0.25) is 5.02 Å². The van der Waals surface area contributed by atoms with Crippen molar-refractivity contribution in [1.29, 1.82) is 0 Å². The van der Waals surface area contributed by atoms with Gasteiger partial charge in [-0.2, -0.15) is 0 Å². The Morgan fingerprint density at radius 3 is 2.79 bits per heavy atom. The SMILES string of the molecule is COc1ccccc1NC(=O)[C@@]1(C)Cc2ccc(Cl)cc2C(=O)O1. The standard InChI is InChI=1S/C18H16ClNO4/c1-18(17(22)20-14-5-3-4-6-15(14)23-2)10-11-7-8-12(19)9-13(11)16(21)24-18/h3-9H,10H2,1-2H3,(H,20,22)/t18-/m1/s1. The molecule has 124 valence electrons. The molecule has 0 unspecified atom stereocenters. The Balaban J connectivity index is 1.87. The zero-order valence-corrected chi connectivity index (χ0v) is 14.0. The van der Waals surface area contributed by atoms with E-state index in [1.54, 1.807) is 49.4 Å². The lowest BCUT2D eigenvalue weighted by Crippen LogP contribution is -2.48. The van der Waals surface area contributed by atoms with E-state index in [1.165, 1.54) is 7.11 Å². The monoisotopic (exact) mass is 345 g/mol. The molecule has 1 atom stereocenters. The van der Waals surface area contributed by atoms with Gasteiger partial charge in [-0.15, -0.1) is 0 Å². The number of hydrogen-bond donors (Lipinski definition) is 1. The molecule has 24 heavy (non-hydrogen) atoms. The van der Waals surface area contributed by atoms with Gasteiger partial charge in [0.15, 0.2) is 5.60 Å². The van der Waals surface area contributed by atoms with Crippen LogP contribution in [-0.2, 0) is 16.0 Å². The van der Waals surface area contributed by atoms with Crippen LogP contribution in [0.1, 0.15) is 22.8 Å². The molecule has 0 saturated heterocycles. The number of amides is 1. The van der Waals surface area contributed by atoms with E-state index >= 15 is 0 Å². The number of cyclic esters (lactones) is 1. The van der Waals surface area contributed by atoms with Gasteiger partial charge in [-0.3, -0.25) is 4.79 Å². The first-order valence-electron chi connectivity index (χ1n) is 7.39. The first-order valence-corrected chi connectivity index (χ1v) is 7.77. The van der Waals surface area contributed by atoms with Crippen molar-refractivity contribution in [1.82, 2.24) is 0 Å². The minimum Gasteiger partial charge on any atom is -0.495 e. The van der Waals surface area contributed by atoms with Crippen molar-refractivity contribution in [2.45, 2.75) is 18.9 Å². The fourth-order valence-corrected chi connectivity index (χ4v) is 2.85. The number of methoxy groups -OCH3 is 1. The van der Waals surface area contributed by atoms with Crippen LogP contribution in [0.25, 0.3) is 0 Å². The van der Waals surface area contributed by atoms with Gasteiger partial charge in [-0.05, 0) is 36.8 Å². The highest BCUT2D eigenvalue weighted by Gasteiger charge is 2.43. The molecular weight excluding hydrogens is 330 g/mol. The van der Waals surface area contributed by atoms with E-state index in [0.717, 1.165) is 5.56 Å². The van der Waals surface area contributed by atoms with Gasteiger partial charge in [0.2, 0.25) is 0 Å². The van der Waals surface area contributed by atoms with E-state index in [2.05, 4.69) is 5.32 Å². The second-order valence-electron chi connectivity index (χ2n) is 5.75. The van der Waals surface area contributed by atoms with E-state index in [1.807, 2.05) is 0 Å². The summed E-state index contributed by atoms with van der Waals surface area (Å²) in [7, 11) is 1.52. The van der Waals surface area contributed by atoms with Gasteiger partial charge in [-0.25, -0.2) is 4.79 Å². The number of hydrogen-bond acceptors (Lipinski definition) is 4. The zero-order chi connectivity index (χ0) is 17.3. The molecule has 1 heterocycles. The zero-order valence-electron chi connectivity index (χ0n) is 13.3. The Morgan fingerprint density at radius 2 is 2.04 bits per heavy atom. The van der Waals surface area contributed by atoms with E-state index < -0.39 is 17.5 Å². The fraction of sp³-hybridized carbons (Fsp3) is 0.222. The predicted molar refractivity (Wildman–Crippen MR) is 90.6 cm³/mol. The molecule has 1 aliphatic rings. The minimum absolute atomic E-state index is 0.270. The van der Waals surface area contributed by atoms with E-state index in [0.29, 0.717) is 22.0 Å². The number of anilines is 1. The van der Waals surface area contributed by atoms with Crippen LogP contribution in [0.5, 0.6) is 5.75 Å². The summed E-state index contributed by atoms with van der Waals surface area (Å²) < 4.78 is 10.6. The van der Waals surface area contributed by atoms with Crippen molar-refractivity contribution < 1.29 is 19.1 Å². The second kappa shape index (κ2) is 6.17. The summed E-state index contributed by atoms with van der Waals surface area (Å²) in [5, 5.41) is 3.22. The Morgan fingerprint density at radius 1 is 1.29 bits per heavy atom. The van der Waals surface area contributed by atoms with Gasteiger partial charge in [0.1, 0.15) is 5.75 Å². The van der Waals surface area contributed by atoms with Crippen LogP contribution in [0.3, 0.4) is 0 Å². The molecule has 1 aliphatic heterocycles. The number of nitrogens with one attached hydrogen (secondary N) is 1. The molecule has 6 heteroatoms. The molecule has 0 radical (unpaired) electrons. The first-order chi connectivity index (χ1) is 11.4. The summed E-state index contributed by atoms with van der Waals surface area (Å²) in [5.41, 5.74) is 0.334. The van der Waals surface area contributed by atoms with E-state index in [4.69, 9.17) is 21.1 Å². The van der Waals surface area contributed by atoms with Gasteiger partial charge in [0.25, 0.3) is 5.91 Å². The highest BCUT2D eigenvalue weighted by atomic mass is 35.5. The molecular formula is C18H16ClNO4. The third kappa shape index (κ3) is 2.95. The first kappa shape index (κ1) is 16.3. The summed E-state index contributed by atoms with van der Waals surface area (Å²) in [6.45, 7) is 1.59. The van der Waals surface area contributed by atoms with Crippen molar-refractivity contribution in [3.8, 4) is 5.75 Å². The van der Waals surface area contributed by atoms with Gasteiger partial charge in [0, 0.05) is 11.4 Å². The molecule has 0 fully saturated rings. The lowest BCUT2D eigenvalue weighted by Gasteiger charge is -2.33. The maximum absolute atomic E-state index is 12.7. The molecule has 2 aromatic rings. The van der Waals surface area contributed by atoms with E-state index in [-0.39, 0.29) is 6.42 Å². The van der Waals surface area contributed by atoms with Gasteiger partial charge in [0.05, 0.1) is 18.4 Å². The van der Waals surface area contributed by atoms with Crippen LogP contribution < -0.4 is 10.1 Å². The summed E-state index contributed by atoms with van der Waals surface area (Å²) in [6.07, 6.45) is 0.270. The number of benzene rings is 2. The van der Waals surface area contributed by atoms with Crippen molar-refractivity contribution >= 4 is 29.2 Å². The number of ether oxygens (including phenoxy) is 2. The second-order valence-corrected chi connectivity index (χ2v) is 6.19. The van der Waals surface area contributed by atoms with Crippen molar-refractivity contribution in [3.63, 3.8) is 0 Å². The smallest absolute Gasteiger partial charge is 0.339 e. The molecule has 5 nitrogen and oxygen atoms in total. The number of rotatable bonds is 3. The summed E-state index contributed by atoms with van der Waals surface area (Å²) >= 11 is 5.92. The van der Waals surface area contributed by atoms with Crippen LogP contribution in [-0.4, -0.2) is 24.6 Å². The summed E-state index contributed by atoms with van der Waals surface area (Å²) in [6, 6.07) is 12.0. The van der Waals surface area contributed by atoms with Gasteiger partial charge >= 0.3 is 5.97 Å². The van der Waals surface area contributed by atoms with Crippen LogP contribution in [0.15, 0.2) is 42.5 Å². The summed E-state index contributed by atoms with van der Waals surface area (Å²) in [4.78, 5) is 25.0. The quantitative estimate of drug-likeness (QED) is 0.865. The fourth-order valence-electron chi connectivity index (χ4n) is 2.68. The number of halogens is 1. The molecule has 0 aromatic heterocycles. The predicted octanol–water partition coefficient (Wildman–Crippen LogP) is 3.46. The molecule has 0 saturated carbocycles. The molecule has 0 spiro atoms. The Labute approximate surface area is 144 Å². The van der Waals surface area contributed by atoms with Crippen molar-refractivity contribution in [2.75, 3.05) is 12.4 Å². The lowest BCUT2D eigenvalue weighted by molar-refractivity contribution is -0.134. The number of carbonyl (C=O) groups is 2. The average Bonchev–Trinajstić information content (AvgIpc) is 2.56. The average molecular weight is 346 g/mol. The molecule has 0 bridgehead atoms. The van der Waals surface area contributed by atoms with Gasteiger partial charge < -0.3 is 14.8 Å². The van der Waals surface area contributed by atoms with E-state index in [9.17, 15) is 9.59 Å². The highest BCUT2D eigenvalue weighted by Crippen LogP contribution is 2.32. The number of fused-ring (bicyclic) bond motifs is 1. The summed E-state index contributed by atoms with van der Waals surface area (Å²) in [5.74, 6) is -0.443. The topological polar surface area (TPSA) is 64.6 Å². The number of carbonyl (C=O) groups excluding carboxylic acids is 2. The normalized spacial score (nSPS) is 19.2. The highest BCUT2D eigenvalue weighted by molar-refractivity contribution is 6.31. The molecule has 0 aliphatic carbocycles. The number of para-hydroxylation sites is 2.